The molecule has 1 N–H and O–H groups in total. The lowest BCUT2D eigenvalue weighted by Gasteiger charge is -2.06. The molecule has 0 unspecified atom stereocenters. The van der Waals surface area contributed by atoms with Crippen LogP contribution >= 0.6 is 23.4 Å². The maximum Gasteiger partial charge on any atom is 0.323 e. The molecule has 2 aromatic carbocycles. The fourth-order valence-corrected chi connectivity index (χ4v) is 4.19. The number of carboxylic acids is 1. The molecule has 1 saturated heterocycles. The van der Waals surface area contributed by atoms with E-state index in [0.717, 1.165) is 16.5 Å². The molecule has 0 spiro atoms. The molecule has 1 amide bonds. The van der Waals surface area contributed by atoms with E-state index >= 15 is 0 Å². The van der Waals surface area contributed by atoms with Crippen molar-refractivity contribution in [3.8, 4) is 0 Å². The van der Waals surface area contributed by atoms with Crippen LogP contribution in [0, 0.1) is 0 Å². The highest BCUT2D eigenvalue weighted by atomic mass is 35.5. The first-order chi connectivity index (χ1) is 13.9. The fraction of sp³-hybridized carbons (Fsp3) is 0.0952. The van der Waals surface area contributed by atoms with Crippen LogP contribution in [0.25, 0.3) is 17.0 Å². The quantitative estimate of drug-likeness (QED) is 0.619. The van der Waals surface area contributed by atoms with Crippen molar-refractivity contribution in [2.45, 2.75) is 6.54 Å². The number of thioether (sulfide) groups is 1. The van der Waals surface area contributed by atoms with Gasteiger partial charge in [0, 0.05) is 34.7 Å². The van der Waals surface area contributed by atoms with Crippen molar-refractivity contribution in [2.75, 3.05) is 7.05 Å². The summed E-state index contributed by atoms with van der Waals surface area (Å²) in [4.78, 5) is 30.5. The number of carbonyl (C=O) groups is 2. The average Bonchev–Trinajstić information content (AvgIpc) is 3.16. The van der Waals surface area contributed by atoms with Crippen molar-refractivity contribution in [2.24, 2.45) is 4.99 Å². The normalized spacial score (nSPS) is 17.0. The number of nitrogens with zero attached hydrogens (tertiary/aromatic N) is 3. The Balaban J connectivity index is 1.71. The third kappa shape index (κ3) is 3.92. The molecule has 0 saturated carbocycles. The SMILES string of the molecule is CN1C(=O)/C(=C\c2cn(CC(=O)O)c3ccccc23)SC1=Nc1ccc(Cl)cc1. The zero-order chi connectivity index (χ0) is 20.5. The third-order valence-corrected chi connectivity index (χ3v) is 5.78. The molecule has 1 aliphatic rings. The lowest BCUT2D eigenvalue weighted by atomic mass is 10.1. The molecule has 1 fully saturated rings. The van der Waals surface area contributed by atoms with Gasteiger partial charge in [-0.1, -0.05) is 29.8 Å². The van der Waals surface area contributed by atoms with Crippen LogP contribution in [-0.4, -0.2) is 38.7 Å². The molecule has 0 radical (unpaired) electrons. The number of aliphatic carboxylic acids is 1. The number of hydrogen-bond donors (Lipinski definition) is 1. The third-order valence-electron chi connectivity index (χ3n) is 4.47. The summed E-state index contributed by atoms with van der Waals surface area (Å²) in [7, 11) is 1.68. The minimum absolute atomic E-state index is 0.145. The van der Waals surface area contributed by atoms with E-state index in [9.17, 15) is 9.59 Å². The number of aliphatic imine (C=N–C) groups is 1. The maximum absolute atomic E-state index is 12.7. The zero-order valence-electron chi connectivity index (χ0n) is 15.4. The highest BCUT2D eigenvalue weighted by molar-refractivity contribution is 8.18. The molecule has 8 heteroatoms. The first-order valence-corrected chi connectivity index (χ1v) is 9.93. The summed E-state index contributed by atoms with van der Waals surface area (Å²) >= 11 is 7.19. The van der Waals surface area contributed by atoms with Crippen molar-refractivity contribution < 1.29 is 14.7 Å². The minimum Gasteiger partial charge on any atom is -0.480 e. The van der Waals surface area contributed by atoms with Crippen molar-refractivity contribution >= 4 is 63.1 Å². The summed E-state index contributed by atoms with van der Waals surface area (Å²) in [5, 5.41) is 11.2. The predicted molar refractivity (Wildman–Crippen MR) is 116 cm³/mol. The first-order valence-electron chi connectivity index (χ1n) is 8.74. The Labute approximate surface area is 176 Å². The van der Waals surface area contributed by atoms with Gasteiger partial charge in [0.2, 0.25) is 0 Å². The predicted octanol–water partition coefficient (Wildman–Crippen LogP) is 4.61. The summed E-state index contributed by atoms with van der Waals surface area (Å²) in [6.07, 6.45) is 3.54. The smallest absolute Gasteiger partial charge is 0.323 e. The van der Waals surface area contributed by atoms with E-state index in [4.69, 9.17) is 16.7 Å². The first kappa shape index (κ1) is 19.3. The molecule has 0 bridgehead atoms. The Morgan fingerprint density at radius 1 is 1.21 bits per heavy atom. The van der Waals surface area contributed by atoms with Crippen LogP contribution in [0.2, 0.25) is 5.02 Å². The van der Waals surface area contributed by atoms with Gasteiger partial charge in [-0.3, -0.25) is 14.5 Å². The number of amides is 1. The molecule has 146 valence electrons. The van der Waals surface area contributed by atoms with Crippen LogP contribution in [0.5, 0.6) is 0 Å². The average molecular weight is 426 g/mol. The van der Waals surface area contributed by atoms with E-state index in [1.807, 2.05) is 24.3 Å². The minimum atomic E-state index is -0.923. The van der Waals surface area contributed by atoms with Gasteiger partial charge in [-0.05, 0) is 48.2 Å². The number of rotatable bonds is 4. The second-order valence-corrected chi connectivity index (χ2v) is 7.91. The van der Waals surface area contributed by atoms with Crippen LogP contribution < -0.4 is 0 Å². The number of para-hydroxylation sites is 1. The molecular weight excluding hydrogens is 410 g/mol. The molecule has 4 rings (SSSR count). The molecular formula is C21H16ClN3O3S. The molecule has 1 aliphatic heterocycles. The van der Waals surface area contributed by atoms with E-state index < -0.39 is 5.97 Å². The van der Waals surface area contributed by atoms with Gasteiger partial charge in [-0.25, -0.2) is 4.99 Å². The number of benzene rings is 2. The number of halogens is 1. The van der Waals surface area contributed by atoms with Crippen LogP contribution in [0.1, 0.15) is 5.56 Å². The van der Waals surface area contributed by atoms with E-state index in [0.29, 0.717) is 20.8 Å². The second kappa shape index (κ2) is 7.77. The number of fused-ring (bicyclic) bond motifs is 1. The van der Waals surface area contributed by atoms with Crippen molar-refractivity contribution in [1.82, 2.24) is 9.47 Å². The number of likely N-dealkylation sites (N-methyl/N-ethyl adjacent to an activating group) is 1. The highest BCUT2D eigenvalue weighted by Crippen LogP contribution is 2.35. The lowest BCUT2D eigenvalue weighted by Crippen LogP contribution is -2.23. The zero-order valence-corrected chi connectivity index (χ0v) is 16.9. The van der Waals surface area contributed by atoms with Crippen molar-refractivity contribution in [3.63, 3.8) is 0 Å². The number of carbonyl (C=O) groups excluding carboxylic acids is 1. The van der Waals surface area contributed by atoms with E-state index in [-0.39, 0.29) is 12.5 Å². The molecule has 3 aromatic rings. The molecule has 29 heavy (non-hydrogen) atoms. The number of carboxylic acid groups (broad SMARTS) is 1. The van der Waals surface area contributed by atoms with Crippen molar-refractivity contribution in [3.05, 3.63) is 70.2 Å². The molecule has 2 heterocycles. The Bertz CT molecular complexity index is 1180. The number of aromatic nitrogens is 1. The van der Waals surface area contributed by atoms with Crippen LogP contribution in [-0.2, 0) is 16.1 Å². The van der Waals surface area contributed by atoms with E-state index in [2.05, 4.69) is 4.99 Å². The fourth-order valence-electron chi connectivity index (χ4n) is 3.09. The van der Waals surface area contributed by atoms with Crippen LogP contribution in [0.3, 0.4) is 0 Å². The van der Waals surface area contributed by atoms with Gasteiger partial charge in [0.25, 0.3) is 5.91 Å². The topological polar surface area (TPSA) is 74.9 Å². The summed E-state index contributed by atoms with van der Waals surface area (Å²) in [5.74, 6) is -1.08. The van der Waals surface area contributed by atoms with Gasteiger partial charge in [-0.15, -0.1) is 0 Å². The number of hydrogen-bond acceptors (Lipinski definition) is 4. The van der Waals surface area contributed by atoms with Gasteiger partial charge >= 0.3 is 5.97 Å². The van der Waals surface area contributed by atoms with E-state index in [1.165, 1.54) is 16.7 Å². The van der Waals surface area contributed by atoms with Crippen molar-refractivity contribution in [1.29, 1.82) is 0 Å². The Kier molecular flexibility index (Phi) is 5.17. The van der Waals surface area contributed by atoms with Gasteiger partial charge in [0.1, 0.15) is 6.54 Å². The van der Waals surface area contributed by atoms with Gasteiger partial charge in [-0.2, -0.15) is 0 Å². The number of amidine groups is 1. The Morgan fingerprint density at radius 2 is 1.93 bits per heavy atom. The molecule has 0 atom stereocenters. The summed E-state index contributed by atoms with van der Waals surface area (Å²) < 4.78 is 1.67. The lowest BCUT2D eigenvalue weighted by molar-refractivity contribution is -0.137. The monoisotopic (exact) mass is 425 g/mol. The largest absolute Gasteiger partial charge is 0.480 e. The second-order valence-electron chi connectivity index (χ2n) is 6.47. The van der Waals surface area contributed by atoms with Crippen LogP contribution in [0.15, 0.2) is 64.6 Å². The van der Waals surface area contributed by atoms with Gasteiger partial charge < -0.3 is 9.67 Å². The Morgan fingerprint density at radius 3 is 2.66 bits per heavy atom. The van der Waals surface area contributed by atoms with Gasteiger partial charge in [0.15, 0.2) is 5.17 Å². The Hall–Kier alpha value is -3.03. The maximum atomic E-state index is 12.7. The molecule has 1 aromatic heterocycles. The standard InChI is InChI=1S/C21H16ClN3O3S/c1-24-20(28)18(29-21(24)23-15-8-6-14(22)7-9-15)10-13-11-25(12-19(26)27)17-5-3-2-4-16(13)17/h2-11H,12H2,1H3,(H,26,27)/b18-10+,23-21?. The van der Waals surface area contributed by atoms with Crippen LogP contribution in [0.4, 0.5) is 5.69 Å². The van der Waals surface area contributed by atoms with E-state index in [1.54, 1.807) is 48.2 Å². The highest BCUT2D eigenvalue weighted by Gasteiger charge is 2.30. The molecule has 0 aliphatic carbocycles. The summed E-state index contributed by atoms with van der Waals surface area (Å²) in [6.45, 7) is -0.145. The van der Waals surface area contributed by atoms with Gasteiger partial charge in [0.05, 0.1) is 10.6 Å². The molecule has 6 nitrogen and oxygen atoms in total. The summed E-state index contributed by atoms with van der Waals surface area (Å²) in [6, 6.07) is 14.6. The summed E-state index contributed by atoms with van der Waals surface area (Å²) in [5.41, 5.74) is 2.30.